The highest BCUT2D eigenvalue weighted by molar-refractivity contribution is 7.94. The van der Waals surface area contributed by atoms with Gasteiger partial charge in [0.1, 0.15) is 8.54 Å². The Morgan fingerprint density at radius 2 is 2.00 bits per heavy atom. The molecule has 1 aliphatic rings. The van der Waals surface area contributed by atoms with Crippen LogP contribution >= 0.6 is 34.5 Å². The van der Waals surface area contributed by atoms with Crippen molar-refractivity contribution >= 4 is 56.2 Å². The standard InChI is InChI=1S/C15H13Cl2NO4S2/c16-15(17)8-10(15)9-22-14(19)11-4-1-2-5-12(11)18-24(20,21)13-6-3-7-23-13/h1-7,10,18H,8-9H2. The summed E-state index contributed by atoms with van der Waals surface area (Å²) in [5.41, 5.74) is 0.294. The van der Waals surface area contributed by atoms with Gasteiger partial charge in [-0.3, -0.25) is 4.72 Å². The Labute approximate surface area is 153 Å². The number of halogens is 2. The van der Waals surface area contributed by atoms with E-state index < -0.39 is 20.3 Å². The predicted octanol–water partition coefficient (Wildman–Crippen LogP) is 3.90. The Hall–Kier alpha value is -1.28. The van der Waals surface area contributed by atoms with Gasteiger partial charge >= 0.3 is 5.97 Å². The molecule has 9 heteroatoms. The molecule has 1 aromatic carbocycles. The van der Waals surface area contributed by atoms with Crippen LogP contribution in [0, 0.1) is 5.92 Å². The number of para-hydroxylation sites is 1. The number of rotatable bonds is 6. The largest absolute Gasteiger partial charge is 0.462 e. The molecule has 2 aromatic rings. The van der Waals surface area contributed by atoms with E-state index in [1.54, 1.807) is 23.6 Å². The maximum absolute atomic E-state index is 12.3. The molecule has 128 valence electrons. The first-order valence-electron chi connectivity index (χ1n) is 7.00. The summed E-state index contributed by atoms with van der Waals surface area (Å²) in [4.78, 5) is 12.2. The fourth-order valence-electron chi connectivity index (χ4n) is 2.07. The number of hydrogen-bond donors (Lipinski definition) is 1. The molecule has 0 spiro atoms. The van der Waals surface area contributed by atoms with Crippen LogP contribution in [0.15, 0.2) is 46.0 Å². The van der Waals surface area contributed by atoms with Crippen molar-refractivity contribution in [1.29, 1.82) is 0 Å². The van der Waals surface area contributed by atoms with Crippen molar-refractivity contribution in [3.63, 3.8) is 0 Å². The third kappa shape index (κ3) is 3.85. The highest BCUT2D eigenvalue weighted by atomic mass is 35.5. The molecule has 1 fully saturated rings. The van der Waals surface area contributed by atoms with Crippen molar-refractivity contribution in [2.45, 2.75) is 15.0 Å². The first-order valence-corrected chi connectivity index (χ1v) is 10.1. The highest BCUT2D eigenvalue weighted by Gasteiger charge is 2.52. The number of carbonyl (C=O) groups is 1. The molecule has 1 N–H and O–H groups in total. The summed E-state index contributed by atoms with van der Waals surface area (Å²) in [6, 6.07) is 9.39. The van der Waals surface area contributed by atoms with Crippen LogP contribution in [0.5, 0.6) is 0 Å². The quantitative estimate of drug-likeness (QED) is 0.584. The molecule has 5 nitrogen and oxygen atoms in total. The normalized spacial score (nSPS) is 18.8. The van der Waals surface area contributed by atoms with E-state index in [9.17, 15) is 13.2 Å². The fraction of sp³-hybridized carbons (Fsp3) is 0.267. The lowest BCUT2D eigenvalue weighted by atomic mass is 10.2. The van der Waals surface area contributed by atoms with E-state index in [1.807, 2.05) is 0 Å². The van der Waals surface area contributed by atoms with Gasteiger partial charge in [-0.15, -0.1) is 34.5 Å². The summed E-state index contributed by atoms with van der Waals surface area (Å²) in [7, 11) is -3.75. The zero-order valence-corrected chi connectivity index (χ0v) is 15.4. The molecule has 0 amide bonds. The van der Waals surface area contributed by atoms with Crippen molar-refractivity contribution in [3.05, 3.63) is 47.3 Å². The van der Waals surface area contributed by atoms with Crippen LogP contribution in [0.3, 0.4) is 0 Å². The molecule has 0 radical (unpaired) electrons. The molecule has 1 saturated carbocycles. The third-order valence-corrected chi connectivity index (χ3v) is 7.21. The lowest BCUT2D eigenvalue weighted by Gasteiger charge is -2.11. The van der Waals surface area contributed by atoms with Gasteiger partial charge in [0, 0.05) is 5.92 Å². The van der Waals surface area contributed by atoms with E-state index in [4.69, 9.17) is 27.9 Å². The van der Waals surface area contributed by atoms with Gasteiger partial charge < -0.3 is 4.74 Å². The van der Waals surface area contributed by atoms with Crippen LogP contribution in [0.1, 0.15) is 16.8 Å². The van der Waals surface area contributed by atoms with Gasteiger partial charge in [0.2, 0.25) is 0 Å². The minimum absolute atomic E-state index is 0.0951. The minimum Gasteiger partial charge on any atom is -0.462 e. The smallest absolute Gasteiger partial charge is 0.340 e. The maximum Gasteiger partial charge on any atom is 0.340 e. The van der Waals surface area contributed by atoms with Gasteiger partial charge in [0.15, 0.2) is 0 Å². The lowest BCUT2D eigenvalue weighted by molar-refractivity contribution is 0.0486. The molecule has 1 unspecified atom stereocenters. The summed E-state index contributed by atoms with van der Waals surface area (Å²) < 4.78 is 31.6. The molecule has 1 aliphatic carbocycles. The van der Waals surface area contributed by atoms with E-state index in [1.165, 1.54) is 18.2 Å². The van der Waals surface area contributed by atoms with E-state index in [-0.39, 0.29) is 28.0 Å². The predicted molar refractivity (Wildman–Crippen MR) is 94.4 cm³/mol. The first kappa shape index (κ1) is 17.5. The summed E-state index contributed by atoms with van der Waals surface area (Å²) in [6.45, 7) is 0.0951. The summed E-state index contributed by atoms with van der Waals surface area (Å²) in [5, 5.41) is 1.66. The zero-order valence-electron chi connectivity index (χ0n) is 12.2. The van der Waals surface area contributed by atoms with Crippen molar-refractivity contribution < 1.29 is 17.9 Å². The molecule has 0 aliphatic heterocycles. The molecule has 1 atom stereocenters. The van der Waals surface area contributed by atoms with Gasteiger partial charge in [0.05, 0.1) is 17.9 Å². The second-order valence-electron chi connectivity index (χ2n) is 5.34. The SMILES string of the molecule is O=C(OCC1CC1(Cl)Cl)c1ccccc1NS(=O)(=O)c1cccs1. The van der Waals surface area contributed by atoms with Gasteiger partial charge in [0.25, 0.3) is 10.0 Å². The summed E-state index contributed by atoms with van der Waals surface area (Å²) in [5.74, 6) is -0.727. The summed E-state index contributed by atoms with van der Waals surface area (Å²) >= 11 is 12.9. The van der Waals surface area contributed by atoms with E-state index in [2.05, 4.69) is 4.72 Å². The number of thiophene rings is 1. The molecule has 24 heavy (non-hydrogen) atoms. The van der Waals surface area contributed by atoms with Crippen molar-refractivity contribution in [3.8, 4) is 0 Å². The van der Waals surface area contributed by atoms with Crippen LogP contribution in [-0.4, -0.2) is 25.3 Å². The van der Waals surface area contributed by atoms with Crippen LogP contribution in [0.25, 0.3) is 0 Å². The number of alkyl halides is 2. The van der Waals surface area contributed by atoms with Crippen molar-refractivity contribution in [1.82, 2.24) is 0 Å². The van der Waals surface area contributed by atoms with Gasteiger partial charge in [-0.25, -0.2) is 13.2 Å². The molecule has 1 aromatic heterocycles. The van der Waals surface area contributed by atoms with Crippen molar-refractivity contribution in [2.24, 2.45) is 5.92 Å². The molecule has 0 bridgehead atoms. The molecule has 3 rings (SSSR count). The van der Waals surface area contributed by atoms with Crippen molar-refractivity contribution in [2.75, 3.05) is 11.3 Å². The van der Waals surface area contributed by atoms with Crippen LogP contribution in [0.2, 0.25) is 0 Å². The van der Waals surface area contributed by atoms with Gasteiger partial charge in [-0.05, 0) is 30.0 Å². The lowest BCUT2D eigenvalue weighted by Crippen LogP contribution is -2.16. The number of anilines is 1. The topological polar surface area (TPSA) is 72.5 Å². The molecule has 1 heterocycles. The Morgan fingerprint density at radius 3 is 2.62 bits per heavy atom. The number of carbonyl (C=O) groups excluding carboxylic acids is 1. The Kier molecular flexibility index (Phi) is 4.79. The number of nitrogens with one attached hydrogen (secondary N) is 1. The number of sulfonamides is 1. The monoisotopic (exact) mass is 405 g/mol. The molecule has 0 saturated heterocycles. The van der Waals surface area contributed by atoms with E-state index in [0.29, 0.717) is 6.42 Å². The fourth-order valence-corrected chi connectivity index (χ4v) is 4.64. The van der Waals surface area contributed by atoms with Crippen LogP contribution < -0.4 is 4.72 Å². The third-order valence-electron chi connectivity index (χ3n) is 3.52. The second kappa shape index (κ2) is 6.55. The van der Waals surface area contributed by atoms with Crippen LogP contribution in [0.4, 0.5) is 5.69 Å². The Morgan fingerprint density at radius 1 is 1.29 bits per heavy atom. The minimum atomic E-state index is -3.75. The molecular formula is C15H13Cl2NO4S2. The summed E-state index contributed by atoms with van der Waals surface area (Å²) in [6.07, 6.45) is 0.566. The Bertz CT molecular complexity index is 850. The van der Waals surface area contributed by atoms with E-state index in [0.717, 1.165) is 11.3 Å². The highest BCUT2D eigenvalue weighted by Crippen LogP contribution is 2.53. The average molecular weight is 406 g/mol. The van der Waals surface area contributed by atoms with E-state index >= 15 is 0 Å². The number of esters is 1. The average Bonchev–Trinajstić information content (AvgIpc) is 2.94. The van der Waals surface area contributed by atoms with Gasteiger partial charge in [-0.2, -0.15) is 0 Å². The second-order valence-corrected chi connectivity index (χ2v) is 9.74. The first-order chi connectivity index (χ1) is 11.3. The zero-order chi connectivity index (χ0) is 17.4. The number of hydrogen-bond acceptors (Lipinski definition) is 5. The molecular weight excluding hydrogens is 393 g/mol. The Balaban J connectivity index is 1.74. The van der Waals surface area contributed by atoms with Gasteiger partial charge in [-0.1, -0.05) is 18.2 Å². The maximum atomic E-state index is 12.3. The number of benzene rings is 1. The van der Waals surface area contributed by atoms with Crippen LogP contribution in [-0.2, 0) is 14.8 Å². The number of ether oxygens (including phenoxy) is 1.